The van der Waals surface area contributed by atoms with Crippen LogP contribution in [0.5, 0.6) is 0 Å². The zero-order valence-corrected chi connectivity index (χ0v) is 8.84. The Kier molecular flexibility index (Phi) is 2.60. The number of aliphatic hydroxyl groups excluding tert-OH is 1. The molecule has 0 bridgehead atoms. The Morgan fingerprint density at radius 1 is 1.53 bits per heavy atom. The van der Waals surface area contributed by atoms with Crippen molar-refractivity contribution in [1.29, 1.82) is 0 Å². The third-order valence-corrected chi connectivity index (χ3v) is 2.26. The summed E-state index contributed by atoms with van der Waals surface area (Å²) in [7, 11) is 1.90. The van der Waals surface area contributed by atoms with Crippen LogP contribution in [0.3, 0.4) is 0 Å². The lowest BCUT2D eigenvalue weighted by Gasteiger charge is -2.19. The monoisotopic (exact) mass is 206 g/mol. The minimum atomic E-state index is -0.376. The number of aromatic nitrogens is 1. The second-order valence-electron chi connectivity index (χ2n) is 3.70. The Balaban J connectivity index is 2.38. The number of anilines is 1. The average molecular weight is 206 g/mol. The van der Waals surface area contributed by atoms with Crippen molar-refractivity contribution in [3.8, 4) is 0 Å². The molecule has 0 aromatic carbocycles. The van der Waals surface area contributed by atoms with Crippen molar-refractivity contribution >= 4 is 16.8 Å². The summed E-state index contributed by atoms with van der Waals surface area (Å²) in [4.78, 5) is 6.21. The molecule has 2 aromatic heterocycles. The number of likely N-dealkylation sites (N-methyl/N-ethyl adjacent to an activating group) is 1. The van der Waals surface area contributed by atoms with Crippen molar-refractivity contribution in [2.75, 3.05) is 18.5 Å². The third kappa shape index (κ3) is 1.94. The fraction of sp³-hybridized carbons (Fsp3) is 0.364. The van der Waals surface area contributed by atoms with E-state index in [9.17, 15) is 5.11 Å². The van der Waals surface area contributed by atoms with E-state index in [2.05, 4.69) is 4.98 Å². The van der Waals surface area contributed by atoms with E-state index in [-0.39, 0.29) is 6.10 Å². The molecule has 0 aliphatic rings. The molecule has 1 atom stereocenters. The van der Waals surface area contributed by atoms with Gasteiger partial charge in [-0.25, -0.2) is 4.98 Å². The van der Waals surface area contributed by atoms with Gasteiger partial charge in [0.1, 0.15) is 11.4 Å². The molecule has 0 spiro atoms. The van der Waals surface area contributed by atoms with E-state index in [0.717, 1.165) is 16.8 Å². The first kappa shape index (κ1) is 9.98. The molecule has 80 valence electrons. The van der Waals surface area contributed by atoms with Crippen LogP contribution in [0.2, 0.25) is 0 Å². The van der Waals surface area contributed by atoms with Gasteiger partial charge in [-0.3, -0.25) is 0 Å². The number of nitrogens with zero attached hydrogens (tertiary/aromatic N) is 2. The van der Waals surface area contributed by atoms with Gasteiger partial charge in [0.2, 0.25) is 0 Å². The van der Waals surface area contributed by atoms with Crippen molar-refractivity contribution in [2.45, 2.75) is 13.0 Å². The molecule has 2 rings (SSSR count). The molecule has 1 unspecified atom stereocenters. The average Bonchev–Trinajstić information content (AvgIpc) is 2.63. The first-order chi connectivity index (χ1) is 7.18. The molecule has 0 saturated heterocycles. The lowest BCUT2D eigenvalue weighted by molar-refractivity contribution is 0.201. The molecule has 0 aliphatic heterocycles. The van der Waals surface area contributed by atoms with E-state index >= 15 is 0 Å². The summed E-state index contributed by atoms with van der Waals surface area (Å²) < 4.78 is 5.28. The van der Waals surface area contributed by atoms with Crippen LogP contribution in [0.15, 0.2) is 29.0 Å². The molecule has 4 heteroatoms. The first-order valence-corrected chi connectivity index (χ1v) is 4.90. The molecule has 0 fully saturated rings. The summed E-state index contributed by atoms with van der Waals surface area (Å²) in [5, 5.41) is 10.3. The second-order valence-corrected chi connectivity index (χ2v) is 3.70. The summed E-state index contributed by atoms with van der Waals surface area (Å²) >= 11 is 0. The molecular weight excluding hydrogens is 192 g/mol. The third-order valence-electron chi connectivity index (χ3n) is 2.26. The lowest BCUT2D eigenvalue weighted by atomic mass is 10.3. The summed E-state index contributed by atoms with van der Waals surface area (Å²) in [6, 6.07) is 3.71. The maximum atomic E-state index is 9.31. The Hall–Kier alpha value is -1.55. The molecule has 0 saturated carbocycles. The molecule has 2 aromatic rings. The normalized spacial score (nSPS) is 13.0. The number of aliphatic hydroxyl groups is 1. The number of furan rings is 1. The van der Waals surface area contributed by atoms with Gasteiger partial charge in [-0.1, -0.05) is 0 Å². The minimum Gasteiger partial charge on any atom is -0.464 e. The highest BCUT2D eigenvalue weighted by atomic mass is 16.3. The van der Waals surface area contributed by atoms with Crippen molar-refractivity contribution < 1.29 is 9.52 Å². The molecule has 1 N–H and O–H groups in total. The SMILES string of the molecule is CC(O)CN(C)c1nccc2occc12. The molecule has 0 aliphatic carbocycles. The highest BCUT2D eigenvalue weighted by Crippen LogP contribution is 2.24. The Morgan fingerprint density at radius 2 is 2.33 bits per heavy atom. The molecule has 2 heterocycles. The van der Waals surface area contributed by atoms with Crippen LogP contribution in [0, 0.1) is 0 Å². The number of pyridine rings is 1. The van der Waals surface area contributed by atoms with Crippen LogP contribution in [0.4, 0.5) is 5.82 Å². The molecule has 0 radical (unpaired) electrons. The van der Waals surface area contributed by atoms with Crippen LogP contribution < -0.4 is 4.90 Å². The predicted octanol–water partition coefficient (Wildman–Crippen LogP) is 1.64. The Labute approximate surface area is 88.1 Å². The summed E-state index contributed by atoms with van der Waals surface area (Å²) in [6.45, 7) is 2.31. The zero-order chi connectivity index (χ0) is 10.8. The highest BCUT2D eigenvalue weighted by molar-refractivity contribution is 5.88. The fourth-order valence-corrected chi connectivity index (χ4v) is 1.67. The van der Waals surface area contributed by atoms with Crippen LogP contribution in [0.25, 0.3) is 11.0 Å². The van der Waals surface area contributed by atoms with Crippen LogP contribution in [-0.4, -0.2) is 29.8 Å². The molecule has 15 heavy (non-hydrogen) atoms. The van der Waals surface area contributed by atoms with E-state index in [1.54, 1.807) is 19.4 Å². The summed E-state index contributed by atoms with van der Waals surface area (Å²) in [5.41, 5.74) is 0.817. The zero-order valence-electron chi connectivity index (χ0n) is 8.84. The maximum absolute atomic E-state index is 9.31. The number of rotatable bonds is 3. The van der Waals surface area contributed by atoms with E-state index in [0.29, 0.717) is 6.54 Å². The Bertz CT molecular complexity index is 451. The van der Waals surface area contributed by atoms with Crippen LogP contribution in [-0.2, 0) is 0 Å². The molecule has 0 amide bonds. The number of fused-ring (bicyclic) bond motifs is 1. The van der Waals surface area contributed by atoms with Gasteiger partial charge in [-0.05, 0) is 19.1 Å². The number of hydrogen-bond acceptors (Lipinski definition) is 4. The van der Waals surface area contributed by atoms with Gasteiger partial charge in [-0.2, -0.15) is 0 Å². The maximum Gasteiger partial charge on any atom is 0.139 e. The highest BCUT2D eigenvalue weighted by Gasteiger charge is 2.10. The van der Waals surface area contributed by atoms with Crippen molar-refractivity contribution in [3.05, 3.63) is 24.6 Å². The van der Waals surface area contributed by atoms with E-state index in [1.165, 1.54) is 0 Å². The summed E-state index contributed by atoms with van der Waals surface area (Å²) in [6.07, 6.45) is 2.98. The van der Waals surface area contributed by atoms with Crippen LogP contribution >= 0.6 is 0 Å². The topological polar surface area (TPSA) is 49.5 Å². The smallest absolute Gasteiger partial charge is 0.139 e. The summed E-state index contributed by atoms with van der Waals surface area (Å²) in [5.74, 6) is 0.835. The van der Waals surface area contributed by atoms with Gasteiger partial charge < -0.3 is 14.4 Å². The first-order valence-electron chi connectivity index (χ1n) is 4.90. The molecule has 4 nitrogen and oxygen atoms in total. The standard InChI is InChI=1S/C11H14N2O2/c1-8(14)7-13(2)11-9-4-6-15-10(9)3-5-12-11/h3-6,8,14H,7H2,1-2H3. The second kappa shape index (κ2) is 3.90. The Morgan fingerprint density at radius 3 is 3.07 bits per heavy atom. The van der Waals surface area contributed by atoms with Crippen molar-refractivity contribution in [1.82, 2.24) is 4.98 Å². The van der Waals surface area contributed by atoms with E-state index in [1.807, 2.05) is 24.1 Å². The lowest BCUT2D eigenvalue weighted by Crippen LogP contribution is -2.27. The quantitative estimate of drug-likeness (QED) is 0.829. The largest absolute Gasteiger partial charge is 0.464 e. The number of hydrogen-bond donors (Lipinski definition) is 1. The van der Waals surface area contributed by atoms with Crippen molar-refractivity contribution in [2.24, 2.45) is 0 Å². The minimum absolute atomic E-state index is 0.376. The van der Waals surface area contributed by atoms with E-state index in [4.69, 9.17) is 4.42 Å². The van der Waals surface area contributed by atoms with Gasteiger partial charge in [0.05, 0.1) is 17.8 Å². The van der Waals surface area contributed by atoms with Crippen molar-refractivity contribution in [3.63, 3.8) is 0 Å². The van der Waals surface area contributed by atoms with Gasteiger partial charge in [0.15, 0.2) is 0 Å². The van der Waals surface area contributed by atoms with Crippen LogP contribution in [0.1, 0.15) is 6.92 Å². The van der Waals surface area contributed by atoms with E-state index < -0.39 is 0 Å². The van der Waals surface area contributed by atoms with Gasteiger partial charge in [0, 0.05) is 19.8 Å². The van der Waals surface area contributed by atoms with Gasteiger partial charge in [0.25, 0.3) is 0 Å². The fourth-order valence-electron chi connectivity index (χ4n) is 1.67. The molecular formula is C11H14N2O2. The van der Waals surface area contributed by atoms with Gasteiger partial charge >= 0.3 is 0 Å². The van der Waals surface area contributed by atoms with Gasteiger partial charge in [-0.15, -0.1) is 0 Å². The predicted molar refractivity (Wildman–Crippen MR) is 59.0 cm³/mol.